The Morgan fingerprint density at radius 1 is 1.36 bits per heavy atom. The van der Waals surface area contributed by atoms with Crippen LogP contribution < -0.4 is 5.32 Å². The molecule has 1 atom stereocenters. The van der Waals surface area contributed by atoms with Crippen LogP contribution in [0.1, 0.15) is 26.7 Å². The highest BCUT2D eigenvalue weighted by Crippen LogP contribution is 2.24. The van der Waals surface area contributed by atoms with E-state index in [1.165, 1.54) is 5.75 Å². The molecule has 1 aromatic rings. The first-order chi connectivity index (χ1) is 10.7. The molecule has 0 saturated carbocycles. The summed E-state index contributed by atoms with van der Waals surface area (Å²) < 4.78 is 2.02. The van der Waals surface area contributed by atoms with Crippen LogP contribution in [0.15, 0.2) is 17.6 Å². The molecule has 0 radical (unpaired) electrons. The molecule has 7 heteroatoms. The smallest absolute Gasteiger partial charge is 0.193 e. The number of nitrogens with one attached hydrogen (secondary N) is 1. The predicted octanol–water partition coefficient (Wildman–Crippen LogP) is 1.71. The van der Waals surface area contributed by atoms with Crippen LogP contribution in [0.2, 0.25) is 0 Å². The van der Waals surface area contributed by atoms with Gasteiger partial charge in [0.2, 0.25) is 0 Å². The molecule has 0 bridgehead atoms. The van der Waals surface area contributed by atoms with E-state index >= 15 is 0 Å². The Morgan fingerprint density at radius 3 is 2.82 bits per heavy atom. The van der Waals surface area contributed by atoms with Crippen LogP contribution in [-0.4, -0.2) is 63.3 Å². The standard InChI is InChI=1S/C15H28N6S/c1-13(2)14-10-21(8-9-22-14)15(16-3)17-6-4-5-7-20-11-18-19-12-20/h11-14H,4-10H2,1-3H3,(H,16,17). The van der Waals surface area contributed by atoms with Crippen LogP contribution in [0, 0.1) is 5.92 Å². The van der Waals surface area contributed by atoms with Gasteiger partial charge in [-0.1, -0.05) is 13.8 Å². The normalized spacial score (nSPS) is 19.7. The zero-order valence-corrected chi connectivity index (χ0v) is 14.7. The number of aliphatic imine (C=N–C) groups is 1. The summed E-state index contributed by atoms with van der Waals surface area (Å²) >= 11 is 2.09. The fourth-order valence-corrected chi connectivity index (χ4v) is 3.86. The average Bonchev–Trinajstić information content (AvgIpc) is 3.04. The Kier molecular flexibility index (Phi) is 7.02. The zero-order valence-electron chi connectivity index (χ0n) is 13.9. The van der Waals surface area contributed by atoms with Gasteiger partial charge in [0, 0.05) is 44.2 Å². The van der Waals surface area contributed by atoms with E-state index in [1.54, 1.807) is 12.7 Å². The first-order valence-corrected chi connectivity index (χ1v) is 9.15. The topological polar surface area (TPSA) is 58.3 Å². The molecular weight excluding hydrogens is 296 g/mol. The molecule has 0 amide bonds. The van der Waals surface area contributed by atoms with Crippen LogP contribution in [0.4, 0.5) is 0 Å². The lowest BCUT2D eigenvalue weighted by atomic mass is 10.1. The molecule has 0 aromatic carbocycles. The SMILES string of the molecule is CN=C(NCCCCn1cnnc1)N1CCSC(C(C)C)C1. The van der Waals surface area contributed by atoms with Crippen molar-refractivity contribution in [2.45, 2.75) is 38.5 Å². The quantitative estimate of drug-likeness (QED) is 0.490. The lowest BCUT2D eigenvalue weighted by Gasteiger charge is -2.36. The van der Waals surface area contributed by atoms with Gasteiger partial charge in [-0.15, -0.1) is 10.2 Å². The number of rotatable bonds is 6. The highest BCUT2D eigenvalue weighted by Gasteiger charge is 2.24. The number of unbranched alkanes of at least 4 members (excludes halogenated alkanes) is 1. The Hall–Kier alpha value is -1.24. The van der Waals surface area contributed by atoms with Gasteiger partial charge in [0.25, 0.3) is 0 Å². The van der Waals surface area contributed by atoms with Crippen molar-refractivity contribution < 1.29 is 0 Å². The summed E-state index contributed by atoms with van der Waals surface area (Å²) in [7, 11) is 1.88. The minimum absolute atomic E-state index is 0.709. The maximum Gasteiger partial charge on any atom is 0.193 e. The number of hydrogen-bond donors (Lipinski definition) is 1. The van der Waals surface area contributed by atoms with Crippen molar-refractivity contribution >= 4 is 17.7 Å². The highest BCUT2D eigenvalue weighted by molar-refractivity contribution is 8.00. The number of thioether (sulfide) groups is 1. The Labute approximate surface area is 137 Å². The van der Waals surface area contributed by atoms with Crippen molar-refractivity contribution in [1.82, 2.24) is 25.0 Å². The third kappa shape index (κ3) is 5.19. The van der Waals surface area contributed by atoms with Gasteiger partial charge in [-0.25, -0.2) is 0 Å². The van der Waals surface area contributed by atoms with Gasteiger partial charge >= 0.3 is 0 Å². The van der Waals surface area contributed by atoms with E-state index in [2.05, 4.69) is 51.0 Å². The van der Waals surface area contributed by atoms with Gasteiger partial charge in [-0.3, -0.25) is 4.99 Å². The molecule has 6 nitrogen and oxygen atoms in total. The molecule has 0 aliphatic carbocycles. The summed E-state index contributed by atoms with van der Waals surface area (Å²) in [5, 5.41) is 11.8. The van der Waals surface area contributed by atoms with E-state index in [9.17, 15) is 0 Å². The van der Waals surface area contributed by atoms with Crippen LogP contribution in [0.3, 0.4) is 0 Å². The number of aromatic nitrogens is 3. The first kappa shape index (κ1) is 17.1. The maximum absolute atomic E-state index is 4.45. The van der Waals surface area contributed by atoms with Crippen molar-refractivity contribution in [3.05, 3.63) is 12.7 Å². The fourth-order valence-electron chi connectivity index (χ4n) is 2.56. The van der Waals surface area contributed by atoms with Crippen molar-refractivity contribution in [2.75, 3.05) is 32.4 Å². The molecular formula is C15H28N6S. The first-order valence-electron chi connectivity index (χ1n) is 8.10. The third-order valence-electron chi connectivity index (χ3n) is 3.94. The zero-order chi connectivity index (χ0) is 15.8. The molecule has 2 heterocycles. The Balaban J connectivity index is 1.68. The third-order valence-corrected chi connectivity index (χ3v) is 5.48. The number of hydrogen-bond acceptors (Lipinski definition) is 4. The van der Waals surface area contributed by atoms with Crippen LogP contribution >= 0.6 is 11.8 Å². The van der Waals surface area contributed by atoms with Crippen LogP contribution in [-0.2, 0) is 6.54 Å². The average molecular weight is 324 g/mol. The molecule has 1 aliphatic rings. The van der Waals surface area contributed by atoms with Gasteiger partial charge in [0.05, 0.1) is 0 Å². The lowest BCUT2D eigenvalue weighted by Crippen LogP contribution is -2.49. The summed E-state index contributed by atoms with van der Waals surface area (Å²) in [5.74, 6) is 2.96. The second kappa shape index (κ2) is 9.02. The molecule has 1 fully saturated rings. The monoisotopic (exact) mass is 324 g/mol. The van der Waals surface area contributed by atoms with E-state index in [-0.39, 0.29) is 0 Å². The van der Waals surface area contributed by atoms with Gasteiger partial charge in [0.1, 0.15) is 12.7 Å². The molecule has 2 rings (SSSR count). The van der Waals surface area contributed by atoms with Crippen LogP contribution in [0.5, 0.6) is 0 Å². The fraction of sp³-hybridized carbons (Fsp3) is 0.800. The molecule has 124 valence electrons. The van der Waals surface area contributed by atoms with E-state index in [4.69, 9.17) is 0 Å². The summed E-state index contributed by atoms with van der Waals surface area (Å²) in [6, 6.07) is 0. The summed E-state index contributed by atoms with van der Waals surface area (Å²) in [6.45, 7) is 8.75. The number of guanidine groups is 1. The minimum atomic E-state index is 0.709. The molecule has 22 heavy (non-hydrogen) atoms. The van der Waals surface area contributed by atoms with E-state index in [0.717, 1.165) is 50.9 Å². The number of aryl methyl sites for hydroxylation is 1. The highest BCUT2D eigenvalue weighted by atomic mass is 32.2. The molecule has 1 saturated heterocycles. The molecule has 1 aromatic heterocycles. The molecule has 1 unspecified atom stereocenters. The Bertz CT molecular complexity index is 445. The van der Waals surface area contributed by atoms with Crippen molar-refractivity contribution in [1.29, 1.82) is 0 Å². The second-order valence-corrected chi connectivity index (χ2v) is 7.33. The maximum atomic E-state index is 4.45. The van der Waals surface area contributed by atoms with Crippen molar-refractivity contribution in [3.63, 3.8) is 0 Å². The largest absolute Gasteiger partial charge is 0.356 e. The second-order valence-electron chi connectivity index (χ2n) is 5.98. The van der Waals surface area contributed by atoms with Gasteiger partial charge in [-0.2, -0.15) is 11.8 Å². The van der Waals surface area contributed by atoms with Gasteiger partial charge in [-0.05, 0) is 18.8 Å². The minimum Gasteiger partial charge on any atom is -0.356 e. The summed E-state index contributed by atoms with van der Waals surface area (Å²) in [5.41, 5.74) is 0. The summed E-state index contributed by atoms with van der Waals surface area (Å²) in [4.78, 5) is 6.85. The van der Waals surface area contributed by atoms with E-state index < -0.39 is 0 Å². The Morgan fingerprint density at radius 2 is 2.14 bits per heavy atom. The van der Waals surface area contributed by atoms with E-state index in [0.29, 0.717) is 5.25 Å². The summed E-state index contributed by atoms with van der Waals surface area (Å²) in [6.07, 6.45) is 5.77. The predicted molar refractivity (Wildman–Crippen MR) is 93.3 cm³/mol. The number of nitrogens with zero attached hydrogens (tertiary/aromatic N) is 5. The lowest BCUT2D eigenvalue weighted by molar-refractivity contribution is 0.380. The van der Waals surface area contributed by atoms with Crippen LogP contribution in [0.25, 0.3) is 0 Å². The van der Waals surface area contributed by atoms with E-state index in [1.807, 2.05) is 11.6 Å². The molecule has 1 N–H and O–H groups in total. The molecule has 0 spiro atoms. The van der Waals surface area contributed by atoms with Crippen molar-refractivity contribution in [2.24, 2.45) is 10.9 Å². The van der Waals surface area contributed by atoms with Gasteiger partial charge < -0.3 is 14.8 Å². The van der Waals surface area contributed by atoms with Gasteiger partial charge in [0.15, 0.2) is 5.96 Å². The molecule has 1 aliphatic heterocycles. The van der Waals surface area contributed by atoms with Crippen molar-refractivity contribution in [3.8, 4) is 0 Å².